The number of benzene rings is 1. The van der Waals surface area contributed by atoms with Crippen LogP contribution in [0.2, 0.25) is 5.02 Å². The molecule has 0 aliphatic heterocycles. The average Bonchev–Trinajstić information content (AvgIpc) is 2.95. The van der Waals surface area contributed by atoms with E-state index in [-0.39, 0.29) is 0 Å². The molecule has 1 aromatic carbocycles. The lowest BCUT2D eigenvalue weighted by Crippen LogP contribution is -1.88. The molecule has 19 heavy (non-hydrogen) atoms. The van der Waals surface area contributed by atoms with Gasteiger partial charge >= 0.3 is 0 Å². The lowest BCUT2D eigenvalue weighted by molar-refractivity contribution is 0.542. The van der Waals surface area contributed by atoms with E-state index in [1.165, 1.54) is 0 Å². The number of anilines is 1. The second-order valence-corrected chi connectivity index (χ2v) is 5.13. The summed E-state index contributed by atoms with van der Waals surface area (Å²) in [6.45, 7) is 0. The minimum absolute atomic E-state index is 0.422. The maximum Gasteiger partial charge on any atom is 0.178 e. The Morgan fingerprint density at radius 2 is 2.16 bits per heavy atom. The molecule has 0 saturated carbocycles. The molecule has 2 heterocycles. The van der Waals surface area contributed by atoms with E-state index in [2.05, 4.69) is 26.1 Å². The number of halogens is 2. The van der Waals surface area contributed by atoms with Crippen molar-refractivity contribution in [2.45, 2.75) is 0 Å². The van der Waals surface area contributed by atoms with E-state index in [0.29, 0.717) is 15.5 Å². The summed E-state index contributed by atoms with van der Waals surface area (Å²) in [6, 6.07) is 9.31. The molecule has 0 aliphatic rings. The van der Waals surface area contributed by atoms with Gasteiger partial charge in [-0.25, -0.2) is 0 Å². The van der Waals surface area contributed by atoms with Gasteiger partial charge < -0.3 is 10.2 Å². The summed E-state index contributed by atoms with van der Waals surface area (Å²) in [4.78, 5) is 0. The molecule has 0 aliphatic carbocycles. The number of nitrogens with one attached hydrogen (secondary N) is 1. The number of nitrogens with zero attached hydrogens (tertiary/aromatic N) is 1. The van der Waals surface area contributed by atoms with Crippen molar-refractivity contribution in [2.75, 3.05) is 5.73 Å². The van der Waals surface area contributed by atoms with Gasteiger partial charge in [0.1, 0.15) is 0 Å². The molecule has 0 bridgehead atoms. The average molecular weight is 339 g/mol. The molecule has 2 aromatic heterocycles. The van der Waals surface area contributed by atoms with Crippen LogP contribution in [-0.4, -0.2) is 10.2 Å². The molecule has 6 heteroatoms. The van der Waals surface area contributed by atoms with Crippen LogP contribution in [0.15, 0.2) is 45.7 Å². The van der Waals surface area contributed by atoms with E-state index in [0.717, 1.165) is 22.4 Å². The number of hydrogen-bond donors (Lipinski definition) is 2. The molecular formula is C13H9BrClN3O. The van der Waals surface area contributed by atoms with E-state index in [9.17, 15) is 0 Å². The largest absolute Gasteiger partial charge is 0.457 e. The zero-order valence-corrected chi connectivity index (χ0v) is 12.0. The van der Waals surface area contributed by atoms with Gasteiger partial charge in [0.15, 0.2) is 10.5 Å². The molecule has 4 nitrogen and oxygen atoms in total. The van der Waals surface area contributed by atoms with Gasteiger partial charge in [0.25, 0.3) is 0 Å². The summed E-state index contributed by atoms with van der Waals surface area (Å²) in [5.41, 5.74) is 9.31. The van der Waals surface area contributed by atoms with Crippen LogP contribution >= 0.6 is 27.5 Å². The summed E-state index contributed by atoms with van der Waals surface area (Å²) >= 11 is 9.38. The zero-order chi connectivity index (χ0) is 13.4. The number of hydrogen-bond acceptors (Lipinski definition) is 3. The zero-order valence-electron chi connectivity index (χ0n) is 9.65. The van der Waals surface area contributed by atoms with Crippen LogP contribution in [0, 0.1) is 0 Å². The van der Waals surface area contributed by atoms with Crippen LogP contribution in [0.3, 0.4) is 0 Å². The number of nitrogens with two attached hydrogens (primary N) is 1. The van der Waals surface area contributed by atoms with Gasteiger partial charge in [-0.1, -0.05) is 23.7 Å². The molecule has 3 aromatic rings. The Morgan fingerprint density at radius 3 is 2.84 bits per heavy atom. The molecule has 0 spiro atoms. The number of H-pyrrole nitrogens is 1. The van der Waals surface area contributed by atoms with Gasteiger partial charge in [-0.05, 0) is 39.7 Å². The number of furan rings is 1. The number of aromatic nitrogens is 2. The smallest absolute Gasteiger partial charge is 0.178 e. The second-order valence-electron chi connectivity index (χ2n) is 3.98. The lowest BCUT2D eigenvalue weighted by Gasteiger charge is -2.04. The molecule has 0 atom stereocenters. The van der Waals surface area contributed by atoms with Gasteiger partial charge in [0, 0.05) is 5.02 Å². The molecule has 3 rings (SSSR count). The van der Waals surface area contributed by atoms with E-state index >= 15 is 0 Å². The fraction of sp³-hybridized carbons (Fsp3) is 0. The highest BCUT2D eigenvalue weighted by atomic mass is 79.9. The highest BCUT2D eigenvalue weighted by Crippen LogP contribution is 2.38. The van der Waals surface area contributed by atoms with Crippen molar-refractivity contribution in [1.82, 2.24) is 10.2 Å². The first-order valence-corrected chi connectivity index (χ1v) is 6.67. The topological polar surface area (TPSA) is 67.8 Å². The lowest BCUT2D eigenvalue weighted by atomic mass is 10.0. The summed E-state index contributed by atoms with van der Waals surface area (Å²) in [7, 11) is 0. The first-order valence-electron chi connectivity index (χ1n) is 5.50. The van der Waals surface area contributed by atoms with Gasteiger partial charge in [-0.3, -0.25) is 5.10 Å². The van der Waals surface area contributed by atoms with Gasteiger partial charge in [-0.2, -0.15) is 5.10 Å². The van der Waals surface area contributed by atoms with Crippen molar-refractivity contribution >= 4 is 33.3 Å². The number of nitrogen functional groups attached to an aromatic ring is 1. The van der Waals surface area contributed by atoms with Crippen LogP contribution in [0.25, 0.3) is 22.4 Å². The summed E-state index contributed by atoms with van der Waals surface area (Å²) in [5.74, 6) is 0.422. The van der Waals surface area contributed by atoms with Crippen molar-refractivity contribution in [3.05, 3.63) is 46.3 Å². The van der Waals surface area contributed by atoms with Crippen LogP contribution in [0.4, 0.5) is 5.82 Å². The third kappa shape index (κ3) is 2.15. The van der Waals surface area contributed by atoms with Crippen LogP contribution in [0.1, 0.15) is 0 Å². The third-order valence-electron chi connectivity index (χ3n) is 2.79. The molecule has 96 valence electrons. The fourth-order valence-electron chi connectivity index (χ4n) is 1.96. The summed E-state index contributed by atoms with van der Waals surface area (Å²) in [6.07, 6.45) is 1.60. The van der Waals surface area contributed by atoms with Crippen molar-refractivity contribution in [2.24, 2.45) is 0 Å². The normalized spacial score (nSPS) is 10.8. The summed E-state index contributed by atoms with van der Waals surface area (Å²) < 4.78 is 5.87. The Hall–Kier alpha value is -1.72. The Labute approximate surface area is 122 Å². The van der Waals surface area contributed by atoms with Crippen molar-refractivity contribution in [1.29, 1.82) is 0 Å². The van der Waals surface area contributed by atoms with E-state index < -0.39 is 0 Å². The van der Waals surface area contributed by atoms with Crippen molar-refractivity contribution < 1.29 is 4.42 Å². The maximum absolute atomic E-state index is 6.02. The Morgan fingerprint density at radius 1 is 1.32 bits per heavy atom. The second kappa shape index (κ2) is 4.75. The van der Waals surface area contributed by atoms with Crippen LogP contribution < -0.4 is 5.73 Å². The van der Waals surface area contributed by atoms with E-state index in [4.69, 9.17) is 21.8 Å². The summed E-state index contributed by atoms with van der Waals surface area (Å²) in [5, 5.41) is 7.64. The Kier molecular flexibility index (Phi) is 3.08. The van der Waals surface area contributed by atoms with Crippen LogP contribution in [0.5, 0.6) is 0 Å². The molecule has 0 fully saturated rings. The molecule has 0 unspecified atom stereocenters. The monoisotopic (exact) mass is 337 g/mol. The van der Waals surface area contributed by atoms with E-state index in [1.807, 2.05) is 30.3 Å². The van der Waals surface area contributed by atoms with Crippen LogP contribution in [-0.2, 0) is 0 Å². The molecule has 0 radical (unpaired) electrons. The highest BCUT2D eigenvalue weighted by Gasteiger charge is 2.18. The maximum atomic E-state index is 6.02. The van der Waals surface area contributed by atoms with Gasteiger partial charge in [0.2, 0.25) is 0 Å². The van der Waals surface area contributed by atoms with Crippen molar-refractivity contribution in [3.8, 4) is 22.4 Å². The SMILES string of the molecule is Nc1n[nH]c(-c2ccoc2Br)c1-c1cccc(Cl)c1. The third-order valence-corrected chi connectivity index (χ3v) is 3.64. The molecule has 0 saturated heterocycles. The first-order chi connectivity index (χ1) is 9.16. The minimum atomic E-state index is 0.422. The quantitative estimate of drug-likeness (QED) is 0.730. The molecule has 3 N–H and O–H groups in total. The Bertz CT molecular complexity index is 735. The Balaban J connectivity index is 2.22. The predicted octanol–water partition coefficient (Wildman–Crippen LogP) is 4.33. The molecule has 0 amide bonds. The standard InChI is InChI=1S/C13H9BrClN3O/c14-12-9(4-5-19-12)11-10(13(16)18-17-11)7-2-1-3-8(15)6-7/h1-6H,(H3,16,17,18). The van der Waals surface area contributed by atoms with Gasteiger partial charge in [0.05, 0.1) is 23.1 Å². The predicted molar refractivity (Wildman–Crippen MR) is 78.8 cm³/mol. The fourth-order valence-corrected chi connectivity index (χ4v) is 2.59. The minimum Gasteiger partial charge on any atom is -0.457 e. The number of rotatable bonds is 2. The van der Waals surface area contributed by atoms with E-state index in [1.54, 1.807) is 6.26 Å². The first kappa shape index (κ1) is 12.3. The number of aromatic amines is 1. The van der Waals surface area contributed by atoms with Crippen molar-refractivity contribution in [3.63, 3.8) is 0 Å². The highest BCUT2D eigenvalue weighted by molar-refractivity contribution is 9.10. The molecular weight excluding hydrogens is 330 g/mol. The van der Waals surface area contributed by atoms with Gasteiger partial charge in [-0.15, -0.1) is 0 Å².